The molecule has 37 heavy (non-hydrogen) atoms. The number of hydrogen-bond donors (Lipinski definition) is 0. The Labute approximate surface area is 217 Å². The van der Waals surface area contributed by atoms with Crippen LogP contribution in [-0.4, -0.2) is 0 Å². The van der Waals surface area contributed by atoms with Gasteiger partial charge in [0.25, 0.3) is 0 Å². The maximum absolute atomic E-state index is 6.31. The Bertz CT molecular complexity index is 2100. The highest BCUT2D eigenvalue weighted by molar-refractivity contribution is 7.26. The van der Waals surface area contributed by atoms with Crippen LogP contribution in [0.15, 0.2) is 132 Å². The van der Waals surface area contributed by atoms with E-state index in [1.165, 1.54) is 36.6 Å². The van der Waals surface area contributed by atoms with Gasteiger partial charge < -0.3 is 9.32 Å². The molecule has 0 radical (unpaired) electrons. The van der Waals surface area contributed by atoms with E-state index in [2.05, 4.69) is 120 Å². The van der Waals surface area contributed by atoms with Crippen molar-refractivity contribution in [3.8, 4) is 0 Å². The summed E-state index contributed by atoms with van der Waals surface area (Å²) in [7, 11) is 0. The van der Waals surface area contributed by atoms with Gasteiger partial charge in [0.2, 0.25) is 0 Å². The fourth-order valence-corrected chi connectivity index (χ4v) is 6.79. The highest BCUT2D eigenvalue weighted by Gasteiger charge is 2.22. The van der Waals surface area contributed by atoms with E-state index in [1.54, 1.807) is 0 Å². The van der Waals surface area contributed by atoms with Crippen molar-refractivity contribution >= 4 is 81.3 Å². The molecule has 0 saturated carbocycles. The number of benzene rings is 6. The van der Waals surface area contributed by atoms with E-state index in [0.29, 0.717) is 0 Å². The van der Waals surface area contributed by atoms with Crippen LogP contribution < -0.4 is 4.90 Å². The molecule has 2 heterocycles. The number of anilines is 3. The standard InChI is InChI=1S/C34H21NOS/c1-2-11-23(12-3-1)35(24-18-19-27-26-14-6-8-16-30(26)36-31(27)21-24)33-25-13-5-4-10-22(25)20-29-28-15-7-9-17-32(28)37-34(29)33/h1-21H. The molecule has 0 aliphatic carbocycles. The van der Waals surface area contributed by atoms with Crippen molar-refractivity contribution in [1.29, 1.82) is 0 Å². The summed E-state index contributed by atoms with van der Waals surface area (Å²) in [4.78, 5) is 2.40. The molecule has 8 rings (SSSR count). The van der Waals surface area contributed by atoms with E-state index in [4.69, 9.17) is 4.42 Å². The van der Waals surface area contributed by atoms with Crippen molar-refractivity contribution < 1.29 is 4.42 Å². The largest absolute Gasteiger partial charge is 0.456 e. The molecule has 0 bridgehead atoms. The first kappa shape index (κ1) is 20.6. The fourth-order valence-electron chi connectivity index (χ4n) is 5.56. The van der Waals surface area contributed by atoms with E-state index in [9.17, 15) is 0 Å². The summed E-state index contributed by atoms with van der Waals surface area (Å²) in [6.07, 6.45) is 0. The molecular weight excluding hydrogens is 470 g/mol. The minimum Gasteiger partial charge on any atom is -0.456 e. The minimum atomic E-state index is 0.896. The molecule has 0 unspecified atom stereocenters. The monoisotopic (exact) mass is 491 g/mol. The lowest BCUT2D eigenvalue weighted by molar-refractivity contribution is 0.669. The van der Waals surface area contributed by atoms with E-state index >= 15 is 0 Å². The van der Waals surface area contributed by atoms with Gasteiger partial charge in [0, 0.05) is 49.1 Å². The number of para-hydroxylation sites is 2. The highest BCUT2D eigenvalue weighted by atomic mass is 32.1. The lowest BCUT2D eigenvalue weighted by Gasteiger charge is -2.27. The molecule has 0 N–H and O–H groups in total. The Kier molecular flexibility index (Phi) is 4.42. The molecule has 6 aromatic carbocycles. The summed E-state index contributed by atoms with van der Waals surface area (Å²) in [6.45, 7) is 0. The maximum atomic E-state index is 6.31. The molecular formula is C34H21NOS. The van der Waals surface area contributed by atoms with Crippen molar-refractivity contribution in [2.75, 3.05) is 4.90 Å². The summed E-state index contributed by atoms with van der Waals surface area (Å²) in [5, 5.41) is 7.34. The Morgan fingerprint density at radius 2 is 1.19 bits per heavy atom. The zero-order valence-electron chi connectivity index (χ0n) is 19.9. The number of fused-ring (bicyclic) bond motifs is 7. The van der Waals surface area contributed by atoms with Gasteiger partial charge in [-0.15, -0.1) is 11.3 Å². The third-order valence-electron chi connectivity index (χ3n) is 7.22. The second kappa shape index (κ2) is 7.95. The van der Waals surface area contributed by atoms with Crippen molar-refractivity contribution in [3.05, 3.63) is 127 Å². The maximum Gasteiger partial charge on any atom is 0.137 e. The van der Waals surface area contributed by atoms with Crippen molar-refractivity contribution in [1.82, 2.24) is 0 Å². The summed E-state index contributed by atoms with van der Waals surface area (Å²) >= 11 is 1.86. The predicted octanol–water partition coefficient (Wildman–Crippen LogP) is 10.6. The summed E-state index contributed by atoms with van der Waals surface area (Å²) in [5.41, 5.74) is 5.21. The van der Waals surface area contributed by atoms with Crippen LogP contribution in [0, 0.1) is 0 Å². The molecule has 0 atom stereocenters. The Morgan fingerprint density at radius 3 is 2.08 bits per heavy atom. The van der Waals surface area contributed by atoms with Crippen LogP contribution in [0.4, 0.5) is 17.1 Å². The SMILES string of the molecule is c1ccc(N(c2ccc3c(c2)oc2ccccc23)c2c3ccccc3cc3c2sc2ccccc23)cc1. The normalized spacial score (nSPS) is 11.8. The van der Waals surface area contributed by atoms with Crippen molar-refractivity contribution in [2.24, 2.45) is 0 Å². The van der Waals surface area contributed by atoms with Crippen LogP contribution in [0.2, 0.25) is 0 Å². The zero-order valence-corrected chi connectivity index (χ0v) is 20.7. The van der Waals surface area contributed by atoms with Crippen LogP contribution in [0.3, 0.4) is 0 Å². The van der Waals surface area contributed by atoms with Gasteiger partial charge in [-0.05, 0) is 47.9 Å². The molecule has 0 aliphatic rings. The Balaban J connectivity index is 1.50. The number of furan rings is 1. The highest BCUT2D eigenvalue weighted by Crippen LogP contribution is 2.49. The number of rotatable bonds is 3. The molecule has 174 valence electrons. The predicted molar refractivity (Wildman–Crippen MR) is 159 cm³/mol. The quantitative estimate of drug-likeness (QED) is 0.244. The summed E-state index contributed by atoms with van der Waals surface area (Å²) in [6, 6.07) is 45.3. The lowest BCUT2D eigenvalue weighted by Crippen LogP contribution is -2.10. The average molecular weight is 492 g/mol. The molecule has 8 aromatic rings. The van der Waals surface area contributed by atoms with Crippen LogP contribution in [0.25, 0.3) is 52.9 Å². The first-order valence-corrected chi connectivity index (χ1v) is 13.3. The van der Waals surface area contributed by atoms with Gasteiger partial charge in [-0.2, -0.15) is 0 Å². The Hall–Kier alpha value is -4.60. The summed E-state index contributed by atoms with van der Waals surface area (Å²) in [5.74, 6) is 0. The number of nitrogens with zero attached hydrogens (tertiary/aromatic N) is 1. The average Bonchev–Trinajstić information content (AvgIpc) is 3.51. The molecule has 0 amide bonds. The van der Waals surface area contributed by atoms with Gasteiger partial charge in [-0.1, -0.05) is 78.9 Å². The van der Waals surface area contributed by atoms with Crippen LogP contribution >= 0.6 is 11.3 Å². The molecule has 0 saturated heterocycles. The van der Waals surface area contributed by atoms with E-state index in [1.807, 2.05) is 23.5 Å². The van der Waals surface area contributed by atoms with Gasteiger partial charge in [0.05, 0.1) is 10.4 Å². The second-order valence-corrected chi connectivity index (χ2v) is 10.4. The van der Waals surface area contributed by atoms with E-state index < -0.39 is 0 Å². The third-order valence-corrected chi connectivity index (χ3v) is 8.42. The topological polar surface area (TPSA) is 16.4 Å². The molecule has 0 spiro atoms. The Morgan fingerprint density at radius 1 is 0.486 bits per heavy atom. The first-order valence-electron chi connectivity index (χ1n) is 12.4. The van der Waals surface area contributed by atoms with Crippen LogP contribution in [0.1, 0.15) is 0 Å². The van der Waals surface area contributed by atoms with Gasteiger partial charge >= 0.3 is 0 Å². The van der Waals surface area contributed by atoms with Crippen molar-refractivity contribution in [3.63, 3.8) is 0 Å². The van der Waals surface area contributed by atoms with Crippen molar-refractivity contribution in [2.45, 2.75) is 0 Å². The second-order valence-electron chi connectivity index (χ2n) is 9.37. The molecule has 2 nitrogen and oxygen atoms in total. The molecule has 2 aromatic heterocycles. The minimum absolute atomic E-state index is 0.896. The first-order chi connectivity index (χ1) is 18.3. The number of thiophene rings is 1. The lowest BCUT2D eigenvalue weighted by atomic mass is 10.0. The molecule has 0 aliphatic heterocycles. The summed E-state index contributed by atoms with van der Waals surface area (Å²) < 4.78 is 8.90. The van der Waals surface area contributed by atoms with Crippen LogP contribution in [0.5, 0.6) is 0 Å². The zero-order chi connectivity index (χ0) is 24.3. The van der Waals surface area contributed by atoms with E-state index in [-0.39, 0.29) is 0 Å². The van der Waals surface area contributed by atoms with Gasteiger partial charge in [-0.25, -0.2) is 0 Å². The molecule has 3 heteroatoms. The molecule has 0 fully saturated rings. The smallest absolute Gasteiger partial charge is 0.137 e. The van der Waals surface area contributed by atoms with E-state index in [0.717, 1.165) is 33.3 Å². The van der Waals surface area contributed by atoms with Gasteiger partial charge in [0.1, 0.15) is 11.2 Å². The number of hydrogen-bond acceptors (Lipinski definition) is 3. The van der Waals surface area contributed by atoms with Gasteiger partial charge in [-0.3, -0.25) is 0 Å². The fraction of sp³-hybridized carbons (Fsp3) is 0. The van der Waals surface area contributed by atoms with Gasteiger partial charge in [0.15, 0.2) is 0 Å². The third kappa shape index (κ3) is 3.11. The van der Waals surface area contributed by atoms with Crippen LogP contribution in [-0.2, 0) is 0 Å².